The number of pyridine rings is 1. The number of carbonyl (C=O) groups is 1. The maximum absolute atomic E-state index is 11.9. The van der Waals surface area contributed by atoms with E-state index in [1.54, 1.807) is 19.6 Å². The van der Waals surface area contributed by atoms with Crippen LogP contribution in [0.1, 0.15) is 22.6 Å². The van der Waals surface area contributed by atoms with Gasteiger partial charge in [0.1, 0.15) is 5.65 Å². The zero-order valence-corrected chi connectivity index (χ0v) is 12.9. The van der Waals surface area contributed by atoms with Gasteiger partial charge in [-0.1, -0.05) is 6.07 Å². The van der Waals surface area contributed by atoms with E-state index >= 15 is 0 Å². The van der Waals surface area contributed by atoms with E-state index in [0.717, 1.165) is 11.3 Å². The first-order valence-electron chi connectivity index (χ1n) is 7.37. The second-order valence-electron chi connectivity index (χ2n) is 5.11. The molecule has 0 fully saturated rings. The van der Waals surface area contributed by atoms with Crippen molar-refractivity contribution in [2.45, 2.75) is 13.0 Å². The summed E-state index contributed by atoms with van der Waals surface area (Å²) in [6.07, 6.45) is 7.85. The number of hydrogen-bond donors (Lipinski definition) is 0. The lowest BCUT2D eigenvalue weighted by Crippen LogP contribution is -2.08. The number of rotatable bonds is 7. The molecule has 3 rings (SSSR count). The summed E-state index contributed by atoms with van der Waals surface area (Å²) >= 11 is 0. The van der Waals surface area contributed by atoms with Gasteiger partial charge in [0.05, 0.1) is 25.2 Å². The summed E-state index contributed by atoms with van der Waals surface area (Å²) in [5.74, 6) is -0.421. The number of carbonyl (C=O) groups excluding carboxylic acids is 1. The van der Waals surface area contributed by atoms with Crippen LogP contribution in [0.2, 0.25) is 0 Å². The molecule has 7 heteroatoms. The fraction of sp³-hybridized carbons (Fsp3) is 0.312. The van der Waals surface area contributed by atoms with Gasteiger partial charge >= 0.3 is 5.97 Å². The summed E-state index contributed by atoms with van der Waals surface area (Å²) in [6.45, 7) is 1.44. The Morgan fingerprint density at radius 1 is 1.26 bits per heavy atom. The van der Waals surface area contributed by atoms with Gasteiger partial charge < -0.3 is 18.4 Å². The lowest BCUT2D eigenvalue weighted by atomic mass is 10.4. The van der Waals surface area contributed by atoms with Crippen LogP contribution in [0, 0.1) is 0 Å². The Kier molecular flexibility index (Phi) is 4.68. The van der Waals surface area contributed by atoms with Crippen molar-refractivity contribution in [1.29, 1.82) is 0 Å². The van der Waals surface area contributed by atoms with Crippen LogP contribution in [0.3, 0.4) is 0 Å². The molecule has 0 amide bonds. The van der Waals surface area contributed by atoms with E-state index in [4.69, 9.17) is 9.47 Å². The minimum Gasteiger partial charge on any atom is -0.461 e. The summed E-state index contributed by atoms with van der Waals surface area (Å²) in [5.41, 5.74) is 2.08. The van der Waals surface area contributed by atoms with Gasteiger partial charge in [0.25, 0.3) is 0 Å². The Morgan fingerprint density at radius 2 is 2.17 bits per heavy atom. The highest BCUT2D eigenvalue weighted by Gasteiger charge is 2.11. The normalized spacial score (nSPS) is 11.0. The molecule has 7 nitrogen and oxygen atoms in total. The minimum absolute atomic E-state index is 0.297. The zero-order chi connectivity index (χ0) is 16.1. The van der Waals surface area contributed by atoms with Crippen LogP contribution in [0.4, 0.5) is 0 Å². The Morgan fingerprint density at radius 3 is 3.00 bits per heavy atom. The molecule has 0 saturated heterocycles. The van der Waals surface area contributed by atoms with E-state index in [-0.39, 0.29) is 0 Å². The molecule has 3 aromatic rings. The molecule has 0 unspecified atom stereocenters. The monoisotopic (exact) mass is 314 g/mol. The van der Waals surface area contributed by atoms with Crippen molar-refractivity contribution in [2.75, 3.05) is 20.3 Å². The van der Waals surface area contributed by atoms with E-state index < -0.39 is 5.97 Å². The first kappa shape index (κ1) is 15.2. The summed E-state index contributed by atoms with van der Waals surface area (Å²) < 4.78 is 13.8. The van der Waals surface area contributed by atoms with Crippen LogP contribution in [-0.4, -0.2) is 45.2 Å². The predicted molar refractivity (Wildman–Crippen MR) is 83.3 cm³/mol. The van der Waals surface area contributed by atoms with E-state index in [0.29, 0.717) is 31.9 Å². The maximum atomic E-state index is 11.9. The highest BCUT2D eigenvalue weighted by atomic mass is 16.5. The number of fused-ring (bicyclic) bond motifs is 1. The Bertz CT molecular complexity index is 760. The van der Waals surface area contributed by atoms with Crippen molar-refractivity contribution in [2.24, 2.45) is 0 Å². The zero-order valence-electron chi connectivity index (χ0n) is 12.9. The van der Waals surface area contributed by atoms with Gasteiger partial charge in [-0.2, -0.15) is 0 Å². The third-order valence-corrected chi connectivity index (χ3v) is 3.33. The van der Waals surface area contributed by atoms with Gasteiger partial charge in [-0.05, 0) is 12.1 Å². The average molecular weight is 314 g/mol. The van der Waals surface area contributed by atoms with E-state index in [1.807, 2.05) is 39.6 Å². The third kappa shape index (κ3) is 3.75. The van der Waals surface area contributed by atoms with E-state index in [1.165, 1.54) is 0 Å². The van der Waals surface area contributed by atoms with Crippen LogP contribution >= 0.6 is 0 Å². The van der Waals surface area contributed by atoms with Crippen LogP contribution in [0.15, 0.2) is 43.1 Å². The largest absolute Gasteiger partial charge is 0.461 e. The molecular weight excluding hydrogens is 296 g/mol. The molecule has 0 N–H and O–H groups in total. The maximum Gasteiger partial charge on any atom is 0.358 e. The van der Waals surface area contributed by atoms with Crippen LogP contribution < -0.4 is 0 Å². The lowest BCUT2D eigenvalue weighted by Gasteiger charge is -2.01. The summed E-state index contributed by atoms with van der Waals surface area (Å²) in [5, 5.41) is 0. The molecule has 0 saturated carbocycles. The van der Waals surface area contributed by atoms with Crippen molar-refractivity contribution in [3.8, 4) is 0 Å². The van der Waals surface area contributed by atoms with Crippen LogP contribution in [0.5, 0.6) is 0 Å². The van der Waals surface area contributed by atoms with E-state index in [9.17, 15) is 4.79 Å². The lowest BCUT2D eigenvalue weighted by molar-refractivity contribution is 0.0462. The number of aromatic nitrogens is 4. The number of nitrogens with zero attached hydrogens (tertiary/aromatic N) is 4. The molecule has 0 aliphatic carbocycles. The van der Waals surface area contributed by atoms with Crippen molar-refractivity contribution >= 4 is 11.6 Å². The number of imidazole rings is 2. The van der Waals surface area contributed by atoms with Crippen molar-refractivity contribution in [3.05, 3.63) is 54.5 Å². The van der Waals surface area contributed by atoms with Crippen molar-refractivity contribution in [3.63, 3.8) is 0 Å². The van der Waals surface area contributed by atoms with Gasteiger partial charge in [0.15, 0.2) is 5.69 Å². The fourth-order valence-electron chi connectivity index (χ4n) is 2.24. The Balaban J connectivity index is 1.61. The smallest absolute Gasteiger partial charge is 0.358 e. The first-order valence-corrected chi connectivity index (χ1v) is 7.37. The molecule has 0 spiro atoms. The van der Waals surface area contributed by atoms with Crippen LogP contribution in [0.25, 0.3) is 5.65 Å². The summed E-state index contributed by atoms with van der Waals surface area (Å²) in [7, 11) is 1.61. The number of esters is 1. The van der Waals surface area contributed by atoms with Gasteiger partial charge in [-0.15, -0.1) is 0 Å². The highest BCUT2D eigenvalue weighted by molar-refractivity contribution is 5.86. The molecule has 0 aliphatic rings. The second-order valence-corrected chi connectivity index (χ2v) is 5.11. The van der Waals surface area contributed by atoms with Crippen LogP contribution in [-0.2, 0) is 16.0 Å². The summed E-state index contributed by atoms with van der Waals surface area (Å²) in [6, 6.07) is 5.84. The Hall–Kier alpha value is -2.67. The predicted octanol–water partition coefficient (Wildman–Crippen LogP) is 1.77. The summed E-state index contributed by atoms with van der Waals surface area (Å²) in [4.78, 5) is 20.5. The minimum atomic E-state index is -0.421. The molecule has 0 aromatic carbocycles. The first-order chi connectivity index (χ1) is 11.3. The van der Waals surface area contributed by atoms with Gasteiger partial charge in [-0.25, -0.2) is 14.8 Å². The molecule has 3 heterocycles. The van der Waals surface area contributed by atoms with Crippen molar-refractivity contribution < 1.29 is 14.3 Å². The van der Waals surface area contributed by atoms with Gasteiger partial charge in [0, 0.05) is 38.7 Å². The highest BCUT2D eigenvalue weighted by Crippen LogP contribution is 2.07. The average Bonchev–Trinajstić information content (AvgIpc) is 3.18. The quantitative estimate of drug-likeness (QED) is 0.491. The standard InChI is InChI=1S/C16H18N4O3/c1-22-7-4-8-23-16(21)14-11-19(12-17-14)9-13-10-20-6-3-2-5-15(20)18-13/h2-3,5-6,10-12H,4,7-9H2,1H3. The molecule has 120 valence electrons. The molecule has 0 aliphatic heterocycles. The SMILES string of the molecule is COCCCOC(=O)c1cn(Cc2cn3ccccc3n2)cn1. The third-order valence-electron chi connectivity index (χ3n) is 3.33. The Labute approximate surface area is 133 Å². The number of ether oxygens (including phenoxy) is 2. The molecule has 3 aromatic heterocycles. The molecule has 0 bridgehead atoms. The molecular formula is C16H18N4O3. The topological polar surface area (TPSA) is 70.7 Å². The molecule has 0 radical (unpaired) electrons. The second kappa shape index (κ2) is 7.06. The number of methoxy groups -OCH3 is 1. The fourth-order valence-corrected chi connectivity index (χ4v) is 2.24. The van der Waals surface area contributed by atoms with Crippen molar-refractivity contribution in [1.82, 2.24) is 18.9 Å². The molecule has 0 atom stereocenters. The van der Waals surface area contributed by atoms with E-state index in [2.05, 4.69) is 9.97 Å². The number of hydrogen-bond acceptors (Lipinski definition) is 5. The molecule has 23 heavy (non-hydrogen) atoms. The van der Waals surface area contributed by atoms with Gasteiger partial charge in [-0.3, -0.25) is 0 Å². The van der Waals surface area contributed by atoms with Gasteiger partial charge in [0.2, 0.25) is 0 Å².